The van der Waals surface area contributed by atoms with E-state index in [1.807, 2.05) is 61.5 Å². The van der Waals surface area contributed by atoms with Crippen LogP contribution in [0.1, 0.15) is 18.1 Å². The number of carbonyl (C=O) groups is 1. The minimum atomic E-state index is -0.180. The minimum Gasteiger partial charge on any atom is -0.494 e. The van der Waals surface area contributed by atoms with Crippen LogP contribution < -0.4 is 14.8 Å². The topological polar surface area (TPSA) is 59.9 Å². The Morgan fingerprint density at radius 3 is 2.35 bits per heavy atom. The lowest BCUT2D eigenvalue weighted by atomic mass is 10.2. The van der Waals surface area contributed by atoms with Crippen LogP contribution in [-0.2, 0) is 11.4 Å². The number of ether oxygens (including phenoxy) is 2. The molecular weight excluding hydrogens is 695 g/mol. The molecule has 1 fully saturated rings. The predicted molar refractivity (Wildman–Crippen MR) is 154 cm³/mol. The third-order valence-electron chi connectivity index (χ3n) is 4.64. The van der Waals surface area contributed by atoms with E-state index in [2.05, 4.69) is 76.9 Å². The molecule has 0 spiro atoms. The van der Waals surface area contributed by atoms with E-state index in [0.29, 0.717) is 29.0 Å². The van der Waals surface area contributed by atoms with Crippen molar-refractivity contribution in [2.24, 2.45) is 4.99 Å². The van der Waals surface area contributed by atoms with Crippen molar-refractivity contribution >= 4 is 89.1 Å². The first kappa shape index (κ1) is 25.3. The summed E-state index contributed by atoms with van der Waals surface area (Å²) in [7, 11) is 0. The molecule has 9 heteroatoms. The lowest BCUT2D eigenvalue weighted by Crippen LogP contribution is -2.19. The van der Waals surface area contributed by atoms with Crippen molar-refractivity contribution in [3.8, 4) is 11.5 Å². The van der Waals surface area contributed by atoms with Gasteiger partial charge in [-0.15, -0.1) is 0 Å². The molecule has 1 amide bonds. The summed E-state index contributed by atoms with van der Waals surface area (Å²) in [4.78, 5) is 17.6. The van der Waals surface area contributed by atoms with Gasteiger partial charge in [-0.05, 0) is 139 Å². The first-order chi connectivity index (χ1) is 16.4. The molecule has 34 heavy (non-hydrogen) atoms. The Labute approximate surface area is 232 Å². The molecule has 1 saturated heterocycles. The van der Waals surface area contributed by atoms with E-state index >= 15 is 0 Å². The van der Waals surface area contributed by atoms with Crippen LogP contribution in [-0.4, -0.2) is 17.7 Å². The lowest BCUT2D eigenvalue weighted by molar-refractivity contribution is -0.115. The maximum atomic E-state index is 12.5. The van der Waals surface area contributed by atoms with Crippen LogP contribution in [0.3, 0.4) is 0 Å². The molecule has 0 unspecified atom stereocenters. The number of hydrogen-bond acceptors (Lipinski definition) is 5. The average Bonchev–Trinajstić information content (AvgIpc) is 3.14. The monoisotopic (exact) mass is 712 g/mol. The zero-order valence-electron chi connectivity index (χ0n) is 18.0. The summed E-state index contributed by atoms with van der Waals surface area (Å²) in [5.74, 6) is 1.32. The number of amides is 1. The van der Waals surface area contributed by atoms with Gasteiger partial charge in [0.1, 0.15) is 18.1 Å². The van der Waals surface area contributed by atoms with Gasteiger partial charge in [-0.1, -0.05) is 12.1 Å². The van der Waals surface area contributed by atoms with Crippen LogP contribution in [0, 0.1) is 3.57 Å². The van der Waals surface area contributed by atoms with E-state index in [9.17, 15) is 4.79 Å². The van der Waals surface area contributed by atoms with Crippen molar-refractivity contribution in [3.05, 3.63) is 89.2 Å². The van der Waals surface area contributed by atoms with Crippen molar-refractivity contribution in [3.63, 3.8) is 0 Å². The van der Waals surface area contributed by atoms with E-state index in [4.69, 9.17) is 9.47 Å². The number of nitrogens with zero attached hydrogens (tertiary/aromatic N) is 1. The SMILES string of the molecule is CCOc1ccc(N=C2NC(=O)/C(=C\c3cc(Br)c(OCc4ccc(I)cc4)c(Br)c3)S2)cc1. The maximum absolute atomic E-state index is 12.5. The zero-order valence-corrected chi connectivity index (χ0v) is 24.1. The van der Waals surface area contributed by atoms with Crippen LogP contribution in [0.2, 0.25) is 0 Å². The predicted octanol–water partition coefficient (Wildman–Crippen LogP) is 7.69. The van der Waals surface area contributed by atoms with Crippen molar-refractivity contribution < 1.29 is 14.3 Å². The number of nitrogens with one attached hydrogen (secondary N) is 1. The zero-order chi connectivity index (χ0) is 24.1. The fraction of sp³-hybridized carbons (Fsp3) is 0.120. The highest BCUT2D eigenvalue weighted by Gasteiger charge is 2.24. The van der Waals surface area contributed by atoms with Gasteiger partial charge in [0.2, 0.25) is 0 Å². The van der Waals surface area contributed by atoms with E-state index in [1.54, 1.807) is 0 Å². The molecule has 0 bridgehead atoms. The van der Waals surface area contributed by atoms with Gasteiger partial charge in [0.15, 0.2) is 5.17 Å². The Morgan fingerprint density at radius 2 is 1.71 bits per heavy atom. The number of thioether (sulfide) groups is 1. The Morgan fingerprint density at radius 1 is 1.03 bits per heavy atom. The molecular formula is C25H19Br2IN2O3S. The highest BCUT2D eigenvalue weighted by Crippen LogP contribution is 2.37. The normalized spacial score (nSPS) is 15.6. The lowest BCUT2D eigenvalue weighted by Gasteiger charge is -2.12. The Kier molecular flexibility index (Phi) is 8.73. The fourth-order valence-electron chi connectivity index (χ4n) is 3.07. The Balaban J connectivity index is 1.46. The van der Waals surface area contributed by atoms with Gasteiger partial charge in [0.25, 0.3) is 5.91 Å². The fourth-order valence-corrected chi connectivity index (χ4v) is 5.72. The summed E-state index contributed by atoms with van der Waals surface area (Å²) < 4.78 is 14.2. The number of hydrogen-bond donors (Lipinski definition) is 1. The molecule has 0 saturated carbocycles. The molecule has 174 valence electrons. The third-order valence-corrected chi connectivity index (χ3v) is 7.45. The molecule has 1 N–H and O–H groups in total. The van der Waals surface area contributed by atoms with Crippen LogP contribution in [0.15, 0.2) is 79.5 Å². The number of amidine groups is 1. The smallest absolute Gasteiger partial charge is 0.264 e. The largest absolute Gasteiger partial charge is 0.494 e. The number of benzene rings is 3. The van der Waals surface area contributed by atoms with Crippen molar-refractivity contribution in [2.75, 3.05) is 6.61 Å². The molecule has 0 aromatic heterocycles. The van der Waals surface area contributed by atoms with Crippen molar-refractivity contribution in [1.29, 1.82) is 0 Å². The Bertz CT molecular complexity index is 1240. The number of rotatable bonds is 7. The van der Waals surface area contributed by atoms with Gasteiger partial charge in [-0.3, -0.25) is 4.79 Å². The second-order valence-corrected chi connectivity index (χ2v) is 11.1. The molecule has 1 aliphatic rings. The van der Waals surface area contributed by atoms with Gasteiger partial charge >= 0.3 is 0 Å². The van der Waals surface area contributed by atoms with Crippen LogP contribution in [0.25, 0.3) is 6.08 Å². The van der Waals surface area contributed by atoms with Gasteiger partial charge in [0, 0.05) is 3.57 Å². The first-order valence-electron chi connectivity index (χ1n) is 10.3. The minimum absolute atomic E-state index is 0.180. The van der Waals surface area contributed by atoms with Crippen LogP contribution >= 0.6 is 66.2 Å². The quantitative estimate of drug-likeness (QED) is 0.202. The van der Waals surface area contributed by atoms with E-state index in [-0.39, 0.29) is 5.91 Å². The van der Waals surface area contributed by atoms with Crippen LogP contribution in [0.5, 0.6) is 11.5 Å². The van der Waals surface area contributed by atoms with E-state index < -0.39 is 0 Å². The van der Waals surface area contributed by atoms with Gasteiger partial charge in [-0.25, -0.2) is 4.99 Å². The summed E-state index contributed by atoms with van der Waals surface area (Å²) in [6.45, 7) is 3.01. The maximum Gasteiger partial charge on any atom is 0.264 e. The molecule has 1 aliphatic heterocycles. The number of halogens is 3. The molecule has 3 aromatic carbocycles. The summed E-state index contributed by atoms with van der Waals surface area (Å²) >= 11 is 10.8. The molecule has 0 atom stereocenters. The Hall–Kier alpha value is -1.82. The summed E-state index contributed by atoms with van der Waals surface area (Å²) in [6.07, 6.45) is 1.83. The molecule has 4 rings (SSSR count). The number of carbonyl (C=O) groups excluding carboxylic acids is 1. The van der Waals surface area contributed by atoms with Crippen molar-refractivity contribution in [1.82, 2.24) is 5.32 Å². The van der Waals surface area contributed by atoms with Gasteiger partial charge in [0.05, 0.1) is 26.1 Å². The third kappa shape index (κ3) is 6.65. The molecule has 0 aliphatic carbocycles. The van der Waals surface area contributed by atoms with Crippen molar-refractivity contribution in [2.45, 2.75) is 13.5 Å². The second-order valence-electron chi connectivity index (χ2n) is 7.14. The number of aliphatic imine (C=N–C) groups is 1. The average molecular weight is 714 g/mol. The molecule has 0 radical (unpaired) electrons. The van der Waals surface area contributed by atoms with E-state index in [1.165, 1.54) is 15.3 Å². The van der Waals surface area contributed by atoms with Crippen LogP contribution in [0.4, 0.5) is 5.69 Å². The summed E-state index contributed by atoms with van der Waals surface area (Å²) in [5.41, 5.74) is 2.69. The highest BCUT2D eigenvalue weighted by molar-refractivity contribution is 14.1. The highest BCUT2D eigenvalue weighted by atomic mass is 127. The molecule has 5 nitrogen and oxygen atoms in total. The standard InChI is InChI=1S/C25H19Br2IN2O3S/c1-2-32-19-9-7-18(8-10-19)29-25-30-24(31)22(34-25)13-16-11-20(26)23(21(27)12-16)33-14-15-3-5-17(28)6-4-15/h3-13H,2,14H2,1H3,(H,29,30,31)/b22-13+. The molecule has 3 aromatic rings. The first-order valence-corrected chi connectivity index (χ1v) is 13.8. The van der Waals surface area contributed by atoms with Gasteiger partial charge in [-0.2, -0.15) is 0 Å². The summed E-state index contributed by atoms with van der Waals surface area (Å²) in [6, 6.07) is 19.5. The summed E-state index contributed by atoms with van der Waals surface area (Å²) in [5, 5.41) is 3.36. The second kappa shape index (κ2) is 11.7. The van der Waals surface area contributed by atoms with Gasteiger partial charge < -0.3 is 14.8 Å². The van der Waals surface area contributed by atoms with E-state index in [0.717, 1.165) is 31.5 Å². The molecule has 1 heterocycles.